The highest BCUT2D eigenvalue weighted by Crippen LogP contribution is 2.15. The van der Waals surface area contributed by atoms with Crippen LogP contribution in [-0.2, 0) is 18.3 Å². The van der Waals surface area contributed by atoms with Gasteiger partial charge in [0.2, 0.25) is 0 Å². The molecule has 0 bridgehead atoms. The van der Waals surface area contributed by atoms with Crippen molar-refractivity contribution >= 4 is 11.0 Å². The van der Waals surface area contributed by atoms with Gasteiger partial charge in [0.1, 0.15) is 5.82 Å². The molecule has 0 spiro atoms. The Morgan fingerprint density at radius 3 is 3.11 bits per heavy atom. The lowest BCUT2D eigenvalue weighted by Gasteiger charge is -2.09. The van der Waals surface area contributed by atoms with Crippen LogP contribution >= 0.6 is 0 Å². The van der Waals surface area contributed by atoms with Crippen molar-refractivity contribution in [1.29, 1.82) is 0 Å². The minimum Gasteiger partial charge on any atom is -0.378 e. The average molecular weight is 259 g/mol. The Bertz CT molecular complexity index is 543. The van der Waals surface area contributed by atoms with Crippen LogP contribution in [-0.4, -0.2) is 28.8 Å². The first-order chi connectivity index (χ1) is 9.34. The summed E-state index contributed by atoms with van der Waals surface area (Å²) in [6.07, 6.45) is 4.00. The monoisotopic (exact) mass is 259 g/mol. The van der Waals surface area contributed by atoms with Crippen molar-refractivity contribution in [2.24, 2.45) is 7.05 Å². The SMILES string of the molecule is Cn1c(CNCCC2CCCO2)nc2ccccc21. The van der Waals surface area contributed by atoms with Crippen LogP contribution in [0.4, 0.5) is 0 Å². The average Bonchev–Trinajstić information content (AvgIpc) is 3.04. The van der Waals surface area contributed by atoms with Crippen molar-refractivity contribution in [2.75, 3.05) is 13.2 Å². The summed E-state index contributed by atoms with van der Waals surface area (Å²) in [6, 6.07) is 8.26. The van der Waals surface area contributed by atoms with Crippen LogP contribution in [0.3, 0.4) is 0 Å². The zero-order valence-corrected chi connectivity index (χ0v) is 11.4. The molecule has 0 aliphatic carbocycles. The maximum atomic E-state index is 5.62. The van der Waals surface area contributed by atoms with Gasteiger partial charge >= 0.3 is 0 Å². The van der Waals surface area contributed by atoms with Crippen LogP contribution < -0.4 is 5.32 Å². The van der Waals surface area contributed by atoms with Crippen molar-refractivity contribution in [3.8, 4) is 0 Å². The second-order valence-corrected chi connectivity index (χ2v) is 5.18. The summed E-state index contributed by atoms with van der Waals surface area (Å²) in [5, 5.41) is 3.47. The number of rotatable bonds is 5. The van der Waals surface area contributed by atoms with E-state index in [1.54, 1.807) is 0 Å². The molecule has 1 aliphatic rings. The van der Waals surface area contributed by atoms with Crippen molar-refractivity contribution in [3.63, 3.8) is 0 Å². The van der Waals surface area contributed by atoms with Crippen LogP contribution in [0.5, 0.6) is 0 Å². The Hall–Kier alpha value is -1.39. The van der Waals surface area contributed by atoms with Gasteiger partial charge in [0.15, 0.2) is 0 Å². The summed E-state index contributed by atoms with van der Waals surface area (Å²) in [4.78, 5) is 4.65. The van der Waals surface area contributed by atoms with Gasteiger partial charge in [-0.05, 0) is 37.9 Å². The molecule has 2 heterocycles. The van der Waals surface area contributed by atoms with Gasteiger partial charge in [-0.25, -0.2) is 4.98 Å². The zero-order valence-electron chi connectivity index (χ0n) is 11.4. The van der Waals surface area contributed by atoms with Gasteiger partial charge in [-0.3, -0.25) is 0 Å². The molecule has 1 saturated heterocycles. The van der Waals surface area contributed by atoms with E-state index in [-0.39, 0.29) is 0 Å². The minimum absolute atomic E-state index is 0.466. The van der Waals surface area contributed by atoms with E-state index in [2.05, 4.69) is 40.1 Å². The Morgan fingerprint density at radius 1 is 1.42 bits per heavy atom. The number of imidazole rings is 1. The molecule has 1 aromatic carbocycles. The van der Waals surface area contributed by atoms with Gasteiger partial charge in [-0.15, -0.1) is 0 Å². The normalized spacial score (nSPS) is 19.3. The summed E-state index contributed by atoms with van der Waals surface area (Å²) < 4.78 is 7.78. The predicted octanol–water partition coefficient (Wildman–Crippen LogP) is 2.23. The van der Waals surface area contributed by atoms with Crippen LogP contribution in [0.25, 0.3) is 11.0 Å². The fourth-order valence-electron chi connectivity index (χ4n) is 2.69. The van der Waals surface area contributed by atoms with Crippen molar-refractivity contribution in [2.45, 2.75) is 31.9 Å². The number of aromatic nitrogens is 2. The second-order valence-electron chi connectivity index (χ2n) is 5.18. The van der Waals surface area contributed by atoms with Crippen LogP contribution in [0.2, 0.25) is 0 Å². The lowest BCUT2D eigenvalue weighted by atomic mass is 10.2. The fraction of sp³-hybridized carbons (Fsp3) is 0.533. The van der Waals surface area contributed by atoms with Gasteiger partial charge in [0.05, 0.1) is 23.7 Å². The number of para-hydroxylation sites is 2. The molecule has 19 heavy (non-hydrogen) atoms. The third kappa shape index (κ3) is 2.80. The van der Waals surface area contributed by atoms with Gasteiger partial charge in [-0.1, -0.05) is 12.1 Å². The van der Waals surface area contributed by atoms with Crippen molar-refractivity contribution < 1.29 is 4.74 Å². The molecule has 1 aromatic heterocycles. The highest BCUT2D eigenvalue weighted by atomic mass is 16.5. The molecule has 0 radical (unpaired) electrons. The molecule has 1 aliphatic heterocycles. The molecular formula is C15H21N3O. The first kappa shape index (κ1) is 12.6. The van der Waals surface area contributed by atoms with Crippen molar-refractivity contribution in [3.05, 3.63) is 30.1 Å². The Morgan fingerprint density at radius 2 is 2.32 bits per heavy atom. The molecule has 1 atom stereocenters. The van der Waals surface area contributed by atoms with E-state index in [4.69, 9.17) is 4.74 Å². The Labute approximate surface area is 113 Å². The summed E-state index contributed by atoms with van der Waals surface area (Å²) in [5.41, 5.74) is 2.26. The lowest BCUT2D eigenvalue weighted by molar-refractivity contribution is 0.104. The minimum atomic E-state index is 0.466. The quantitative estimate of drug-likeness (QED) is 0.837. The molecule has 1 N–H and O–H groups in total. The van der Waals surface area contributed by atoms with E-state index in [0.717, 1.165) is 37.5 Å². The first-order valence-corrected chi connectivity index (χ1v) is 7.07. The fourth-order valence-corrected chi connectivity index (χ4v) is 2.69. The highest BCUT2D eigenvalue weighted by Gasteiger charge is 2.14. The second kappa shape index (κ2) is 5.72. The molecule has 102 valence electrons. The summed E-state index contributed by atoms with van der Waals surface area (Å²) >= 11 is 0. The van der Waals surface area contributed by atoms with Crippen molar-refractivity contribution in [1.82, 2.24) is 14.9 Å². The molecule has 4 heteroatoms. The standard InChI is InChI=1S/C15H21N3O/c1-18-14-7-3-2-6-13(14)17-15(18)11-16-9-8-12-5-4-10-19-12/h2-3,6-7,12,16H,4-5,8-11H2,1H3. The van der Waals surface area contributed by atoms with Gasteiger partial charge in [-0.2, -0.15) is 0 Å². The zero-order chi connectivity index (χ0) is 13.1. The van der Waals surface area contributed by atoms with E-state index >= 15 is 0 Å². The first-order valence-electron chi connectivity index (χ1n) is 7.07. The molecule has 1 unspecified atom stereocenters. The molecule has 2 aromatic rings. The largest absolute Gasteiger partial charge is 0.378 e. The number of fused-ring (bicyclic) bond motifs is 1. The summed E-state index contributed by atoms with van der Waals surface area (Å²) in [7, 11) is 2.08. The lowest BCUT2D eigenvalue weighted by Crippen LogP contribution is -2.21. The third-order valence-corrected chi connectivity index (χ3v) is 3.83. The Balaban J connectivity index is 1.54. The smallest absolute Gasteiger partial charge is 0.123 e. The van der Waals surface area contributed by atoms with E-state index in [0.29, 0.717) is 6.10 Å². The van der Waals surface area contributed by atoms with Crippen LogP contribution in [0.1, 0.15) is 25.1 Å². The molecule has 0 amide bonds. The number of hydrogen-bond donors (Lipinski definition) is 1. The molecule has 4 nitrogen and oxygen atoms in total. The van der Waals surface area contributed by atoms with Crippen LogP contribution in [0, 0.1) is 0 Å². The molecule has 1 fully saturated rings. The van der Waals surface area contributed by atoms with Gasteiger partial charge < -0.3 is 14.6 Å². The van der Waals surface area contributed by atoms with Gasteiger partial charge in [0, 0.05) is 13.7 Å². The van der Waals surface area contributed by atoms with E-state index < -0.39 is 0 Å². The summed E-state index contributed by atoms with van der Waals surface area (Å²) in [5.74, 6) is 1.09. The predicted molar refractivity (Wildman–Crippen MR) is 76.0 cm³/mol. The maximum absolute atomic E-state index is 5.62. The third-order valence-electron chi connectivity index (χ3n) is 3.83. The van der Waals surface area contributed by atoms with Crippen LogP contribution in [0.15, 0.2) is 24.3 Å². The number of hydrogen-bond acceptors (Lipinski definition) is 3. The number of benzene rings is 1. The maximum Gasteiger partial charge on any atom is 0.123 e. The van der Waals surface area contributed by atoms with E-state index in [9.17, 15) is 0 Å². The number of ether oxygens (including phenoxy) is 1. The summed E-state index contributed by atoms with van der Waals surface area (Å²) in [6.45, 7) is 2.75. The number of aryl methyl sites for hydroxylation is 1. The highest BCUT2D eigenvalue weighted by molar-refractivity contribution is 5.75. The van der Waals surface area contributed by atoms with Gasteiger partial charge in [0.25, 0.3) is 0 Å². The van der Waals surface area contributed by atoms with E-state index in [1.165, 1.54) is 18.4 Å². The van der Waals surface area contributed by atoms with E-state index in [1.807, 2.05) is 6.07 Å². The molecule has 0 saturated carbocycles. The molecule has 3 rings (SSSR count). The topological polar surface area (TPSA) is 39.1 Å². The molecular weight excluding hydrogens is 238 g/mol. The number of nitrogens with one attached hydrogen (secondary N) is 1. The Kier molecular flexibility index (Phi) is 3.80. The number of nitrogens with zero attached hydrogens (tertiary/aromatic N) is 2.